The number of nitrogens with one attached hydrogen (secondary N) is 1. The van der Waals surface area contributed by atoms with E-state index in [-0.39, 0.29) is 5.91 Å². The number of piperazine rings is 1. The summed E-state index contributed by atoms with van der Waals surface area (Å²) in [5.74, 6) is -0.0381. The van der Waals surface area contributed by atoms with Crippen LogP contribution in [0.15, 0.2) is 18.3 Å². The molecule has 0 saturated carbocycles. The van der Waals surface area contributed by atoms with Gasteiger partial charge in [0.2, 0.25) is 0 Å². The van der Waals surface area contributed by atoms with E-state index in [2.05, 4.69) is 10.3 Å². The molecule has 0 aromatic carbocycles. The summed E-state index contributed by atoms with van der Waals surface area (Å²) in [7, 11) is 0. The average Bonchev–Trinajstić information content (AvgIpc) is 2.29. The van der Waals surface area contributed by atoms with Crippen LogP contribution in [-0.2, 0) is 0 Å². The maximum absolute atomic E-state index is 11.9. The van der Waals surface area contributed by atoms with Crippen LogP contribution in [-0.4, -0.2) is 42.0 Å². The van der Waals surface area contributed by atoms with Crippen LogP contribution in [0.2, 0.25) is 0 Å². The summed E-state index contributed by atoms with van der Waals surface area (Å²) in [5, 5.41) is 3.19. The van der Waals surface area contributed by atoms with Crippen LogP contribution < -0.4 is 11.1 Å². The van der Waals surface area contributed by atoms with Crippen molar-refractivity contribution in [1.82, 2.24) is 15.2 Å². The Labute approximate surface area is 88.3 Å². The molecule has 1 aromatic rings. The van der Waals surface area contributed by atoms with Crippen molar-refractivity contribution in [2.45, 2.75) is 0 Å². The Bertz CT molecular complexity index is 360. The van der Waals surface area contributed by atoms with Gasteiger partial charge in [-0.3, -0.25) is 9.78 Å². The molecule has 0 atom stereocenters. The highest BCUT2D eigenvalue weighted by Gasteiger charge is 2.18. The number of nitrogen functional groups attached to an aromatic ring is 1. The van der Waals surface area contributed by atoms with Gasteiger partial charge in [0.05, 0.1) is 0 Å². The van der Waals surface area contributed by atoms with Crippen LogP contribution in [0, 0.1) is 0 Å². The van der Waals surface area contributed by atoms with Gasteiger partial charge in [-0.1, -0.05) is 0 Å². The van der Waals surface area contributed by atoms with Crippen LogP contribution in [0.25, 0.3) is 0 Å². The van der Waals surface area contributed by atoms with Crippen molar-refractivity contribution < 1.29 is 4.79 Å². The number of amides is 1. The number of anilines is 1. The van der Waals surface area contributed by atoms with Crippen LogP contribution in [0.5, 0.6) is 0 Å². The molecule has 1 fully saturated rings. The fourth-order valence-corrected chi connectivity index (χ4v) is 1.59. The highest BCUT2D eigenvalue weighted by molar-refractivity contribution is 5.93. The molecule has 0 radical (unpaired) electrons. The predicted octanol–water partition coefficient (Wildman–Crippen LogP) is -0.291. The Morgan fingerprint density at radius 1 is 1.47 bits per heavy atom. The molecule has 1 aliphatic heterocycles. The van der Waals surface area contributed by atoms with Gasteiger partial charge in [0.25, 0.3) is 5.91 Å². The topological polar surface area (TPSA) is 71.2 Å². The van der Waals surface area contributed by atoms with Crippen molar-refractivity contribution in [2.75, 3.05) is 31.9 Å². The Morgan fingerprint density at radius 3 is 2.87 bits per heavy atom. The first kappa shape index (κ1) is 9.92. The van der Waals surface area contributed by atoms with E-state index in [0.717, 1.165) is 26.2 Å². The van der Waals surface area contributed by atoms with Gasteiger partial charge in [0.1, 0.15) is 5.69 Å². The van der Waals surface area contributed by atoms with Gasteiger partial charge in [-0.25, -0.2) is 0 Å². The third-order valence-electron chi connectivity index (χ3n) is 2.41. The third-order valence-corrected chi connectivity index (χ3v) is 2.41. The lowest BCUT2D eigenvalue weighted by molar-refractivity contribution is 0.0730. The van der Waals surface area contributed by atoms with E-state index < -0.39 is 0 Å². The second-order valence-electron chi connectivity index (χ2n) is 3.52. The van der Waals surface area contributed by atoms with Crippen LogP contribution >= 0.6 is 0 Å². The van der Waals surface area contributed by atoms with Gasteiger partial charge in [0, 0.05) is 38.1 Å². The summed E-state index contributed by atoms with van der Waals surface area (Å²) in [6.07, 6.45) is 1.56. The first-order valence-corrected chi connectivity index (χ1v) is 4.99. The minimum absolute atomic E-state index is 0.0381. The summed E-state index contributed by atoms with van der Waals surface area (Å²) < 4.78 is 0. The van der Waals surface area contributed by atoms with E-state index in [4.69, 9.17) is 5.73 Å². The first-order chi connectivity index (χ1) is 7.27. The molecule has 0 bridgehead atoms. The number of nitrogens with zero attached hydrogens (tertiary/aromatic N) is 2. The molecule has 0 aliphatic carbocycles. The molecule has 0 spiro atoms. The van der Waals surface area contributed by atoms with Gasteiger partial charge >= 0.3 is 0 Å². The molecule has 3 N–H and O–H groups in total. The lowest BCUT2D eigenvalue weighted by Gasteiger charge is -2.27. The fourth-order valence-electron chi connectivity index (χ4n) is 1.59. The van der Waals surface area contributed by atoms with Gasteiger partial charge in [-0.05, 0) is 12.1 Å². The number of carbonyl (C=O) groups excluding carboxylic acids is 1. The standard InChI is InChI=1S/C10H14N4O/c11-8-1-2-13-9(7-8)10(15)14-5-3-12-4-6-14/h1-2,7,12H,3-6H2,(H2,11,13). The maximum Gasteiger partial charge on any atom is 0.272 e. The van der Waals surface area contributed by atoms with Crippen LogP contribution in [0.4, 0.5) is 5.69 Å². The number of hydrogen-bond acceptors (Lipinski definition) is 4. The number of aromatic nitrogens is 1. The van der Waals surface area contributed by atoms with Crippen molar-refractivity contribution in [3.8, 4) is 0 Å². The lowest BCUT2D eigenvalue weighted by atomic mass is 10.2. The second-order valence-corrected chi connectivity index (χ2v) is 3.52. The zero-order valence-corrected chi connectivity index (χ0v) is 8.44. The zero-order chi connectivity index (χ0) is 10.7. The molecule has 2 heterocycles. The molecule has 5 heteroatoms. The molecular formula is C10H14N4O. The van der Waals surface area contributed by atoms with E-state index in [1.165, 1.54) is 0 Å². The molecule has 1 aliphatic rings. The van der Waals surface area contributed by atoms with Gasteiger partial charge in [-0.2, -0.15) is 0 Å². The summed E-state index contributed by atoms with van der Waals surface area (Å²) in [5.41, 5.74) is 6.60. The summed E-state index contributed by atoms with van der Waals surface area (Å²) in [4.78, 5) is 17.7. The molecule has 2 rings (SSSR count). The van der Waals surface area contributed by atoms with Crippen molar-refractivity contribution in [2.24, 2.45) is 0 Å². The maximum atomic E-state index is 11.9. The minimum Gasteiger partial charge on any atom is -0.399 e. The minimum atomic E-state index is -0.0381. The second kappa shape index (κ2) is 4.27. The molecule has 15 heavy (non-hydrogen) atoms. The fraction of sp³-hybridized carbons (Fsp3) is 0.400. The van der Waals surface area contributed by atoms with Crippen molar-refractivity contribution in [1.29, 1.82) is 0 Å². The Balaban J connectivity index is 2.12. The van der Waals surface area contributed by atoms with Crippen molar-refractivity contribution in [3.05, 3.63) is 24.0 Å². The predicted molar refractivity (Wildman–Crippen MR) is 57.4 cm³/mol. The van der Waals surface area contributed by atoms with Gasteiger partial charge in [0.15, 0.2) is 0 Å². The normalized spacial score (nSPS) is 16.4. The zero-order valence-electron chi connectivity index (χ0n) is 8.44. The highest BCUT2D eigenvalue weighted by atomic mass is 16.2. The van der Waals surface area contributed by atoms with E-state index in [1.807, 2.05) is 0 Å². The number of hydrogen-bond donors (Lipinski definition) is 2. The molecule has 1 saturated heterocycles. The largest absolute Gasteiger partial charge is 0.399 e. The Hall–Kier alpha value is -1.62. The van der Waals surface area contributed by atoms with Crippen LogP contribution in [0.1, 0.15) is 10.5 Å². The number of rotatable bonds is 1. The van der Waals surface area contributed by atoms with Crippen molar-refractivity contribution in [3.63, 3.8) is 0 Å². The summed E-state index contributed by atoms with van der Waals surface area (Å²) in [6, 6.07) is 3.29. The number of carbonyl (C=O) groups is 1. The smallest absolute Gasteiger partial charge is 0.272 e. The first-order valence-electron chi connectivity index (χ1n) is 4.99. The van der Waals surface area contributed by atoms with E-state index in [1.54, 1.807) is 23.2 Å². The average molecular weight is 206 g/mol. The number of nitrogens with two attached hydrogens (primary N) is 1. The van der Waals surface area contributed by atoms with Crippen LogP contribution in [0.3, 0.4) is 0 Å². The monoisotopic (exact) mass is 206 g/mol. The van der Waals surface area contributed by atoms with Gasteiger partial charge < -0.3 is 16.0 Å². The van der Waals surface area contributed by atoms with Crippen molar-refractivity contribution >= 4 is 11.6 Å². The van der Waals surface area contributed by atoms with E-state index >= 15 is 0 Å². The molecular weight excluding hydrogens is 192 g/mol. The quantitative estimate of drug-likeness (QED) is 0.662. The SMILES string of the molecule is Nc1ccnc(C(=O)N2CCNCC2)c1. The Morgan fingerprint density at radius 2 is 2.20 bits per heavy atom. The third kappa shape index (κ3) is 2.24. The van der Waals surface area contributed by atoms with Gasteiger partial charge in [-0.15, -0.1) is 0 Å². The van der Waals surface area contributed by atoms with E-state index in [0.29, 0.717) is 11.4 Å². The summed E-state index contributed by atoms with van der Waals surface area (Å²) in [6.45, 7) is 3.15. The molecule has 1 aromatic heterocycles. The molecule has 80 valence electrons. The molecule has 5 nitrogen and oxygen atoms in total. The number of pyridine rings is 1. The molecule has 0 unspecified atom stereocenters. The van der Waals surface area contributed by atoms with E-state index in [9.17, 15) is 4.79 Å². The lowest BCUT2D eigenvalue weighted by Crippen LogP contribution is -2.46. The highest BCUT2D eigenvalue weighted by Crippen LogP contribution is 2.07. The summed E-state index contributed by atoms with van der Waals surface area (Å²) >= 11 is 0. The molecule has 1 amide bonds. The Kier molecular flexibility index (Phi) is 2.82.